The lowest BCUT2D eigenvalue weighted by Crippen LogP contribution is -2.35. The molecule has 3 amide bonds. The Labute approximate surface area is 118 Å². The molecule has 6 nitrogen and oxygen atoms in total. The van der Waals surface area contributed by atoms with E-state index in [1.807, 2.05) is 13.8 Å². The predicted octanol–water partition coefficient (Wildman–Crippen LogP) is 1.73. The second kappa shape index (κ2) is 8.04. The number of rotatable bonds is 6. The first-order chi connectivity index (χ1) is 9.51. The maximum absolute atomic E-state index is 11.6. The van der Waals surface area contributed by atoms with Crippen molar-refractivity contribution in [3.05, 3.63) is 24.3 Å². The van der Waals surface area contributed by atoms with E-state index in [9.17, 15) is 9.59 Å². The van der Waals surface area contributed by atoms with E-state index < -0.39 is 0 Å². The highest BCUT2D eigenvalue weighted by atomic mass is 16.5. The minimum atomic E-state index is -0.340. The van der Waals surface area contributed by atoms with Crippen molar-refractivity contribution in [3.63, 3.8) is 0 Å². The van der Waals surface area contributed by atoms with Crippen molar-refractivity contribution in [3.8, 4) is 5.75 Å². The van der Waals surface area contributed by atoms with Crippen LogP contribution in [0.4, 0.5) is 10.5 Å². The smallest absolute Gasteiger partial charge is 0.319 e. The molecule has 1 aromatic carbocycles. The van der Waals surface area contributed by atoms with E-state index >= 15 is 0 Å². The molecule has 6 heteroatoms. The van der Waals surface area contributed by atoms with Crippen molar-refractivity contribution in [2.24, 2.45) is 0 Å². The lowest BCUT2D eigenvalue weighted by Gasteiger charge is -2.10. The van der Waals surface area contributed by atoms with Gasteiger partial charge in [-0.1, -0.05) is 0 Å². The molecule has 20 heavy (non-hydrogen) atoms. The standard InChI is InChI=1S/C14H21N3O3/c1-10(2)16-13(18)8-9-15-14(19)17-11-4-6-12(20-3)7-5-11/h4-7,10H,8-9H2,1-3H3,(H,16,18)(H2,15,17,19). The Kier molecular flexibility index (Phi) is 6.36. The number of urea groups is 1. The van der Waals surface area contributed by atoms with Gasteiger partial charge in [-0.15, -0.1) is 0 Å². The van der Waals surface area contributed by atoms with Gasteiger partial charge < -0.3 is 20.7 Å². The molecule has 0 atom stereocenters. The monoisotopic (exact) mass is 279 g/mol. The third kappa shape index (κ3) is 6.08. The van der Waals surface area contributed by atoms with Gasteiger partial charge in [-0.2, -0.15) is 0 Å². The molecule has 0 bridgehead atoms. The molecule has 0 aliphatic heterocycles. The highest BCUT2D eigenvalue weighted by molar-refractivity contribution is 5.89. The quantitative estimate of drug-likeness (QED) is 0.742. The molecule has 0 saturated carbocycles. The van der Waals surface area contributed by atoms with Gasteiger partial charge in [-0.25, -0.2) is 4.79 Å². The van der Waals surface area contributed by atoms with E-state index in [0.717, 1.165) is 5.75 Å². The van der Waals surface area contributed by atoms with Gasteiger partial charge in [0.05, 0.1) is 7.11 Å². The lowest BCUT2D eigenvalue weighted by atomic mass is 10.3. The van der Waals surface area contributed by atoms with Crippen molar-refractivity contribution in [2.45, 2.75) is 26.3 Å². The van der Waals surface area contributed by atoms with Gasteiger partial charge in [-0.05, 0) is 38.1 Å². The van der Waals surface area contributed by atoms with E-state index in [4.69, 9.17) is 4.74 Å². The van der Waals surface area contributed by atoms with Crippen LogP contribution in [0, 0.1) is 0 Å². The predicted molar refractivity (Wildman–Crippen MR) is 77.9 cm³/mol. The molecular formula is C14H21N3O3. The number of anilines is 1. The number of hydrogen-bond donors (Lipinski definition) is 3. The van der Waals surface area contributed by atoms with Crippen molar-refractivity contribution in [1.29, 1.82) is 0 Å². The van der Waals surface area contributed by atoms with Gasteiger partial charge in [0.25, 0.3) is 0 Å². The fraction of sp³-hybridized carbons (Fsp3) is 0.429. The summed E-state index contributed by atoms with van der Waals surface area (Å²) < 4.78 is 5.02. The molecule has 0 fully saturated rings. The molecule has 0 radical (unpaired) electrons. The third-order valence-electron chi connectivity index (χ3n) is 2.44. The Morgan fingerprint density at radius 2 is 1.85 bits per heavy atom. The SMILES string of the molecule is COc1ccc(NC(=O)NCCC(=O)NC(C)C)cc1. The van der Waals surface area contributed by atoms with E-state index in [0.29, 0.717) is 12.2 Å². The summed E-state index contributed by atoms with van der Waals surface area (Å²) in [6.45, 7) is 4.07. The van der Waals surface area contributed by atoms with Crippen molar-refractivity contribution < 1.29 is 14.3 Å². The van der Waals surface area contributed by atoms with Crippen LogP contribution < -0.4 is 20.7 Å². The summed E-state index contributed by atoms with van der Waals surface area (Å²) in [4.78, 5) is 23.0. The first-order valence-corrected chi connectivity index (χ1v) is 6.49. The highest BCUT2D eigenvalue weighted by Gasteiger charge is 2.05. The van der Waals surface area contributed by atoms with E-state index in [2.05, 4.69) is 16.0 Å². The summed E-state index contributed by atoms with van der Waals surface area (Å²) in [7, 11) is 1.58. The van der Waals surface area contributed by atoms with Gasteiger partial charge in [0, 0.05) is 24.7 Å². The summed E-state index contributed by atoms with van der Waals surface area (Å²) in [6.07, 6.45) is 0.258. The third-order valence-corrected chi connectivity index (χ3v) is 2.44. The zero-order valence-corrected chi connectivity index (χ0v) is 12.0. The number of nitrogens with one attached hydrogen (secondary N) is 3. The number of benzene rings is 1. The number of carbonyl (C=O) groups excluding carboxylic acids is 2. The summed E-state index contributed by atoms with van der Waals surface area (Å²) >= 11 is 0. The number of amides is 3. The van der Waals surface area contributed by atoms with Crippen LogP contribution in [0.2, 0.25) is 0 Å². The molecule has 0 aliphatic carbocycles. The molecule has 3 N–H and O–H groups in total. The van der Waals surface area contributed by atoms with Crippen molar-refractivity contribution in [1.82, 2.24) is 10.6 Å². The van der Waals surface area contributed by atoms with Crippen LogP contribution in [0.15, 0.2) is 24.3 Å². The van der Waals surface area contributed by atoms with Gasteiger partial charge in [0.15, 0.2) is 0 Å². The van der Waals surface area contributed by atoms with Crippen LogP contribution >= 0.6 is 0 Å². The van der Waals surface area contributed by atoms with Gasteiger partial charge in [0.1, 0.15) is 5.75 Å². The number of hydrogen-bond acceptors (Lipinski definition) is 3. The summed E-state index contributed by atoms with van der Waals surface area (Å²) in [5.74, 6) is 0.645. The largest absolute Gasteiger partial charge is 0.497 e. The first kappa shape index (κ1) is 15.8. The van der Waals surface area contributed by atoms with Gasteiger partial charge >= 0.3 is 6.03 Å². The van der Waals surface area contributed by atoms with Crippen LogP contribution in [0.25, 0.3) is 0 Å². The number of ether oxygens (including phenoxy) is 1. The molecule has 110 valence electrons. The molecule has 0 unspecified atom stereocenters. The zero-order chi connectivity index (χ0) is 15.0. The second-order valence-electron chi connectivity index (χ2n) is 4.58. The fourth-order valence-corrected chi connectivity index (χ4v) is 1.53. The van der Waals surface area contributed by atoms with E-state index in [1.165, 1.54) is 0 Å². The topological polar surface area (TPSA) is 79.5 Å². The average Bonchev–Trinajstić information content (AvgIpc) is 2.38. The van der Waals surface area contributed by atoms with Crippen molar-refractivity contribution >= 4 is 17.6 Å². The van der Waals surface area contributed by atoms with Crippen molar-refractivity contribution in [2.75, 3.05) is 19.0 Å². The Morgan fingerprint density at radius 1 is 1.20 bits per heavy atom. The Morgan fingerprint density at radius 3 is 2.40 bits per heavy atom. The Balaban J connectivity index is 2.27. The average molecular weight is 279 g/mol. The second-order valence-corrected chi connectivity index (χ2v) is 4.58. The van der Waals surface area contributed by atoms with Crippen LogP contribution in [0.1, 0.15) is 20.3 Å². The summed E-state index contributed by atoms with van der Waals surface area (Å²) in [5, 5.41) is 8.05. The zero-order valence-electron chi connectivity index (χ0n) is 12.0. The van der Waals surface area contributed by atoms with Crippen LogP contribution in [0.3, 0.4) is 0 Å². The minimum Gasteiger partial charge on any atom is -0.497 e. The molecule has 1 aromatic rings. The fourth-order valence-electron chi connectivity index (χ4n) is 1.53. The van der Waals surface area contributed by atoms with E-state index in [-0.39, 0.29) is 24.4 Å². The molecule has 0 heterocycles. The Bertz CT molecular complexity index is 443. The summed E-state index contributed by atoms with van der Waals surface area (Å²) in [5.41, 5.74) is 0.662. The lowest BCUT2D eigenvalue weighted by molar-refractivity contribution is -0.121. The van der Waals surface area contributed by atoms with Crippen LogP contribution in [0.5, 0.6) is 5.75 Å². The molecule has 0 aromatic heterocycles. The molecule has 0 spiro atoms. The first-order valence-electron chi connectivity index (χ1n) is 6.49. The summed E-state index contributed by atoms with van der Waals surface area (Å²) in [6, 6.07) is 6.76. The molecule has 0 saturated heterocycles. The van der Waals surface area contributed by atoms with Crippen LogP contribution in [-0.2, 0) is 4.79 Å². The normalized spacial score (nSPS) is 10.0. The number of methoxy groups -OCH3 is 1. The molecule has 1 rings (SSSR count). The van der Waals surface area contributed by atoms with Crippen LogP contribution in [-0.4, -0.2) is 31.6 Å². The van der Waals surface area contributed by atoms with Gasteiger partial charge in [-0.3, -0.25) is 4.79 Å². The maximum Gasteiger partial charge on any atom is 0.319 e. The van der Waals surface area contributed by atoms with Gasteiger partial charge in [0.2, 0.25) is 5.91 Å². The highest BCUT2D eigenvalue weighted by Crippen LogP contribution is 2.14. The van der Waals surface area contributed by atoms with E-state index in [1.54, 1.807) is 31.4 Å². The molecular weight excluding hydrogens is 258 g/mol. The maximum atomic E-state index is 11.6. The number of carbonyl (C=O) groups is 2. The Hall–Kier alpha value is -2.24. The minimum absolute atomic E-state index is 0.0789. The molecule has 0 aliphatic rings.